The minimum absolute atomic E-state index is 0.00676. The van der Waals surface area contributed by atoms with Gasteiger partial charge in [0.1, 0.15) is 42.3 Å². The number of carbonyl (C=O) groups is 9. The molecule has 19 heteroatoms. The van der Waals surface area contributed by atoms with Crippen molar-refractivity contribution in [2.75, 3.05) is 34.7 Å². The van der Waals surface area contributed by atoms with Crippen molar-refractivity contribution in [3.8, 4) is 0 Å². The van der Waals surface area contributed by atoms with E-state index in [4.69, 9.17) is 4.74 Å². The number of fused-ring (bicyclic) bond motifs is 1. The van der Waals surface area contributed by atoms with Crippen LogP contribution in [0, 0.1) is 29.6 Å². The topological polar surface area (TPSA) is 235 Å². The number of carbonyl (C=O) groups excluding carboxylic acids is 9. The van der Waals surface area contributed by atoms with Gasteiger partial charge in [0.15, 0.2) is 12.1 Å². The van der Waals surface area contributed by atoms with E-state index < -0.39 is 137 Å². The van der Waals surface area contributed by atoms with Gasteiger partial charge in [-0.05, 0) is 74.3 Å². The van der Waals surface area contributed by atoms with E-state index in [-0.39, 0.29) is 38.1 Å². The molecule has 2 fully saturated rings. The van der Waals surface area contributed by atoms with Gasteiger partial charge < -0.3 is 50.3 Å². The molecule has 19 nitrogen and oxygen atoms in total. The molecule has 0 radical (unpaired) electrons. The first-order valence-corrected chi connectivity index (χ1v) is 28.3. The second-order valence-electron chi connectivity index (χ2n) is 23.7. The molecule has 2 aromatic carbocycles. The summed E-state index contributed by atoms with van der Waals surface area (Å²) in [6.45, 7) is 20.6. The maximum atomic E-state index is 15.3. The fourth-order valence-electron chi connectivity index (χ4n) is 11.0. The molecule has 4 N–H and O–H groups in total. The van der Waals surface area contributed by atoms with Gasteiger partial charge in [0.2, 0.25) is 41.4 Å². The SMILES string of the molecule is CC[C@@H](C)[C@@H]1NC(=O)[C@@H]2CCCN2C(=O)[C@H](Cc2ccccc2)N(C)C(=O)[C@H](Cc2ccccc2)NC(=O)[C@H](C(C)C)N(C)C(=O)[C@H]([C@@H](C)CC)OC(=O)[C@H](C(C)(C)O)N(C)C(=O)[C@H](CC(C)C)NC(=O)[C@H](C(C)C)N(C)C1=O. The number of amides is 8. The second kappa shape index (κ2) is 28.7. The van der Waals surface area contributed by atoms with Crippen molar-refractivity contribution in [3.63, 3.8) is 0 Å². The Morgan fingerprint density at radius 1 is 0.582 bits per heavy atom. The summed E-state index contributed by atoms with van der Waals surface area (Å²) in [6.07, 6.45) is 0.101. The van der Waals surface area contributed by atoms with Crippen molar-refractivity contribution in [3.05, 3.63) is 71.8 Å². The number of aliphatic hydroxyl groups is 1. The van der Waals surface area contributed by atoms with E-state index in [2.05, 4.69) is 16.0 Å². The number of hydrogen-bond donors (Lipinski definition) is 4. The van der Waals surface area contributed by atoms with E-state index in [1.807, 2.05) is 57.2 Å². The van der Waals surface area contributed by atoms with Crippen molar-refractivity contribution < 1.29 is 53.0 Å². The van der Waals surface area contributed by atoms with Crippen LogP contribution in [0.15, 0.2) is 60.7 Å². The first kappa shape index (κ1) is 65.2. The van der Waals surface area contributed by atoms with E-state index in [1.165, 1.54) is 61.6 Å². The Morgan fingerprint density at radius 2 is 1.06 bits per heavy atom. The van der Waals surface area contributed by atoms with Gasteiger partial charge >= 0.3 is 5.97 Å². The molecule has 79 heavy (non-hydrogen) atoms. The molecule has 11 atom stereocenters. The summed E-state index contributed by atoms with van der Waals surface area (Å²) >= 11 is 0. The standard InChI is InChI=1S/C60H92N8O11/c1-17-38(9)46-57(75)65(14)47(36(5)6)52(70)61-42(32-35(3)4)55(73)67(16)50(60(11,12)78)59(77)79-49(39(10)18-2)58(76)66(15)48(37(7)8)53(71)62-43(33-40-26-21-19-22-27-40)54(72)64(13)45(34-41-28-23-20-24-29-41)56(74)68-31-25-30-44(68)51(69)63-46/h19-24,26-29,35-39,42-50,78H,17-18,25,30-34H2,1-16H3,(H,61,70)(H,62,71)(H,63,69)/t38-,39+,42+,43+,44+,45+,46+,47+,48+,49+,50-/m1/s1. The minimum Gasteiger partial charge on any atom is -0.450 e. The summed E-state index contributed by atoms with van der Waals surface area (Å²) in [5, 5.41) is 20.5. The maximum Gasteiger partial charge on any atom is 0.332 e. The highest BCUT2D eigenvalue weighted by atomic mass is 16.6. The Bertz CT molecular complexity index is 2430. The van der Waals surface area contributed by atoms with Crippen LogP contribution in [0.4, 0.5) is 0 Å². The van der Waals surface area contributed by atoms with Gasteiger partial charge in [-0.1, -0.05) is 136 Å². The lowest BCUT2D eigenvalue weighted by molar-refractivity contribution is -0.177. The van der Waals surface area contributed by atoms with E-state index in [0.29, 0.717) is 24.8 Å². The molecule has 2 heterocycles. The number of nitrogens with zero attached hydrogens (tertiary/aromatic N) is 5. The summed E-state index contributed by atoms with van der Waals surface area (Å²) in [5.41, 5.74) is -0.551. The molecule has 0 aromatic heterocycles. The van der Waals surface area contributed by atoms with Gasteiger partial charge in [0.05, 0.1) is 5.60 Å². The number of ether oxygens (including phenoxy) is 1. The normalized spacial score (nSPS) is 26.5. The molecule has 0 saturated carbocycles. The van der Waals surface area contributed by atoms with Crippen LogP contribution in [0.3, 0.4) is 0 Å². The summed E-state index contributed by atoms with van der Waals surface area (Å²) in [4.78, 5) is 140. The zero-order valence-electron chi connectivity index (χ0n) is 49.8. The van der Waals surface area contributed by atoms with Crippen molar-refractivity contribution in [2.24, 2.45) is 29.6 Å². The summed E-state index contributed by atoms with van der Waals surface area (Å²) < 4.78 is 6.09. The Hall–Kier alpha value is -6.37. The molecule has 2 aromatic rings. The lowest BCUT2D eigenvalue weighted by Crippen LogP contribution is -2.63. The van der Waals surface area contributed by atoms with Gasteiger partial charge in [-0.2, -0.15) is 0 Å². The van der Waals surface area contributed by atoms with Crippen LogP contribution in [-0.4, -0.2) is 178 Å². The predicted molar refractivity (Wildman–Crippen MR) is 301 cm³/mol. The average Bonchev–Trinajstić information content (AvgIpc) is 3.89. The third-order valence-electron chi connectivity index (χ3n) is 15.8. The predicted octanol–water partition coefficient (Wildman–Crippen LogP) is 4.37. The number of benzene rings is 2. The summed E-state index contributed by atoms with van der Waals surface area (Å²) in [7, 11) is 5.67. The molecule has 0 aliphatic carbocycles. The van der Waals surface area contributed by atoms with Gasteiger partial charge in [0, 0.05) is 53.5 Å². The van der Waals surface area contributed by atoms with Crippen LogP contribution >= 0.6 is 0 Å². The van der Waals surface area contributed by atoms with Gasteiger partial charge in [0.25, 0.3) is 5.91 Å². The highest BCUT2D eigenvalue weighted by Crippen LogP contribution is 2.27. The fourth-order valence-corrected chi connectivity index (χ4v) is 11.0. The highest BCUT2D eigenvalue weighted by molar-refractivity contribution is 5.99. The number of esters is 1. The fraction of sp³-hybridized carbons (Fsp3) is 0.650. The van der Waals surface area contributed by atoms with Crippen LogP contribution in [0.2, 0.25) is 0 Å². The number of nitrogens with one attached hydrogen (secondary N) is 3. The number of hydrogen-bond acceptors (Lipinski definition) is 11. The molecule has 2 aliphatic heterocycles. The van der Waals surface area contributed by atoms with Crippen molar-refractivity contribution in [1.82, 2.24) is 40.4 Å². The van der Waals surface area contributed by atoms with E-state index in [0.717, 1.165) is 10.5 Å². The van der Waals surface area contributed by atoms with Crippen LogP contribution in [0.1, 0.15) is 126 Å². The van der Waals surface area contributed by atoms with Crippen LogP contribution in [-0.2, 0) is 60.7 Å². The minimum atomic E-state index is -1.97. The summed E-state index contributed by atoms with van der Waals surface area (Å²) in [5.74, 6) is -8.65. The average molecular weight is 1100 g/mol. The van der Waals surface area contributed by atoms with E-state index >= 15 is 9.59 Å². The van der Waals surface area contributed by atoms with Crippen LogP contribution < -0.4 is 16.0 Å². The van der Waals surface area contributed by atoms with Crippen molar-refractivity contribution in [1.29, 1.82) is 0 Å². The molecule has 8 amide bonds. The third-order valence-corrected chi connectivity index (χ3v) is 15.8. The Labute approximate surface area is 469 Å². The number of cyclic esters (lactones) is 1. The molecule has 2 saturated heterocycles. The molecule has 0 bridgehead atoms. The molecular formula is C60H92N8O11. The first-order valence-electron chi connectivity index (χ1n) is 28.3. The van der Waals surface area contributed by atoms with Crippen LogP contribution in [0.5, 0.6) is 0 Å². The molecule has 4 rings (SSSR count). The lowest BCUT2D eigenvalue weighted by Gasteiger charge is -2.39. The van der Waals surface area contributed by atoms with Gasteiger partial charge in [-0.25, -0.2) is 4.79 Å². The highest BCUT2D eigenvalue weighted by Gasteiger charge is 2.48. The van der Waals surface area contributed by atoms with Gasteiger partial charge in [-0.3, -0.25) is 38.4 Å². The monoisotopic (exact) mass is 1100 g/mol. The zero-order chi connectivity index (χ0) is 59.4. The zero-order valence-corrected chi connectivity index (χ0v) is 49.8. The Kier molecular flexibility index (Phi) is 23.6. The second-order valence-corrected chi connectivity index (χ2v) is 23.7. The Morgan fingerprint density at radius 3 is 1.54 bits per heavy atom. The van der Waals surface area contributed by atoms with E-state index in [1.54, 1.807) is 72.7 Å². The third kappa shape index (κ3) is 16.4. The molecule has 0 unspecified atom stereocenters. The van der Waals surface area contributed by atoms with Gasteiger partial charge in [-0.15, -0.1) is 0 Å². The van der Waals surface area contributed by atoms with Crippen LogP contribution in [0.25, 0.3) is 0 Å². The Balaban J connectivity index is 1.98. The number of rotatable bonds is 13. The quantitative estimate of drug-likeness (QED) is 0.206. The smallest absolute Gasteiger partial charge is 0.332 e. The van der Waals surface area contributed by atoms with Crippen molar-refractivity contribution >= 4 is 53.2 Å². The lowest BCUT2D eigenvalue weighted by atomic mass is 9.93. The molecule has 438 valence electrons. The largest absolute Gasteiger partial charge is 0.450 e. The van der Waals surface area contributed by atoms with Crippen molar-refractivity contribution in [2.45, 2.75) is 188 Å². The molecule has 0 spiro atoms. The van der Waals surface area contributed by atoms with E-state index in [9.17, 15) is 38.7 Å². The molecular weight excluding hydrogens is 1010 g/mol. The summed E-state index contributed by atoms with van der Waals surface area (Å²) in [6, 6.07) is 8.11. The number of likely N-dealkylation sites (N-methyl/N-ethyl adjacent to an activating group) is 4. The maximum absolute atomic E-state index is 15.3. The molecule has 2 aliphatic rings. The first-order chi connectivity index (χ1) is 37.0.